The van der Waals surface area contributed by atoms with Gasteiger partial charge in [-0.05, 0) is 26.7 Å². The number of rotatable bonds is 4. The summed E-state index contributed by atoms with van der Waals surface area (Å²) in [6, 6.07) is 0. The number of aliphatic carboxylic acids is 1. The van der Waals surface area contributed by atoms with Crippen molar-refractivity contribution in [1.82, 2.24) is 14.5 Å². The minimum atomic E-state index is -0.987. The fourth-order valence-electron chi connectivity index (χ4n) is 2.63. The lowest BCUT2D eigenvalue weighted by Crippen LogP contribution is -2.37. The first-order valence-electron chi connectivity index (χ1n) is 6.96. The maximum Gasteiger partial charge on any atom is 0.348 e. The third-order valence-electron chi connectivity index (χ3n) is 3.85. The molecule has 7 nitrogen and oxygen atoms in total. The van der Waals surface area contributed by atoms with Crippen LogP contribution in [-0.4, -0.2) is 44.5 Å². The molecule has 0 aromatic carbocycles. The first kappa shape index (κ1) is 15.2. The number of aryl methyl sites for hydroxylation is 1. The predicted molar refractivity (Wildman–Crippen MR) is 75.1 cm³/mol. The lowest BCUT2D eigenvalue weighted by Gasteiger charge is -2.18. The van der Waals surface area contributed by atoms with E-state index in [-0.39, 0.29) is 18.9 Å². The van der Waals surface area contributed by atoms with Crippen LogP contribution in [0.4, 0.5) is 0 Å². The van der Waals surface area contributed by atoms with Crippen LogP contribution in [0.3, 0.4) is 0 Å². The maximum absolute atomic E-state index is 12.2. The summed E-state index contributed by atoms with van der Waals surface area (Å²) in [6.07, 6.45) is 1.76. The Balaban J connectivity index is 2.32. The highest BCUT2D eigenvalue weighted by atomic mass is 16.4. The van der Waals surface area contributed by atoms with E-state index in [4.69, 9.17) is 5.11 Å². The summed E-state index contributed by atoms with van der Waals surface area (Å²) in [7, 11) is 0. The van der Waals surface area contributed by atoms with Gasteiger partial charge in [0, 0.05) is 30.0 Å². The van der Waals surface area contributed by atoms with Crippen molar-refractivity contribution in [2.75, 3.05) is 13.1 Å². The average Bonchev–Trinajstić information content (AvgIpc) is 2.93. The van der Waals surface area contributed by atoms with Gasteiger partial charge in [0.15, 0.2) is 0 Å². The van der Waals surface area contributed by atoms with Crippen molar-refractivity contribution in [3.05, 3.63) is 27.4 Å². The van der Waals surface area contributed by atoms with E-state index in [1.807, 2.05) is 0 Å². The average molecular weight is 293 g/mol. The molecule has 1 aliphatic heterocycles. The number of carbonyl (C=O) groups excluding carboxylic acids is 1. The zero-order chi connectivity index (χ0) is 15.6. The molecule has 0 aliphatic carbocycles. The van der Waals surface area contributed by atoms with E-state index in [0.29, 0.717) is 30.0 Å². The van der Waals surface area contributed by atoms with Crippen LogP contribution < -0.4 is 5.69 Å². The summed E-state index contributed by atoms with van der Waals surface area (Å²) in [6.45, 7) is 4.62. The summed E-state index contributed by atoms with van der Waals surface area (Å²) in [5.41, 5.74) is 0.898. The highest BCUT2D eigenvalue weighted by Crippen LogP contribution is 2.12. The Hall–Kier alpha value is -2.18. The number of aromatic nitrogens is 2. The number of hydrogen-bond donors (Lipinski definition) is 1. The van der Waals surface area contributed by atoms with Gasteiger partial charge in [-0.15, -0.1) is 0 Å². The minimum Gasteiger partial charge on any atom is -0.481 e. The number of carboxylic acids is 1. The van der Waals surface area contributed by atoms with Gasteiger partial charge in [-0.3, -0.25) is 14.2 Å². The molecular formula is C14H19N3O4. The van der Waals surface area contributed by atoms with Crippen molar-refractivity contribution in [2.24, 2.45) is 0 Å². The maximum atomic E-state index is 12.2. The van der Waals surface area contributed by atoms with E-state index in [2.05, 4.69) is 4.98 Å². The fourth-order valence-corrected chi connectivity index (χ4v) is 2.63. The molecule has 21 heavy (non-hydrogen) atoms. The van der Waals surface area contributed by atoms with Crippen LogP contribution in [0.2, 0.25) is 0 Å². The lowest BCUT2D eigenvalue weighted by molar-refractivity contribution is -0.136. The molecule has 0 bridgehead atoms. The largest absolute Gasteiger partial charge is 0.481 e. The Morgan fingerprint density at radius 2 is 1.86 bits per heavy atom. The van der Waals surface area contributed by atoms with E-state index in [1.54, 1.807) is 18.7 Å². The molecule has 2 heterocycles. The zero-order valence-corrected chi connectivity index (χ0v) is 12.3. The number of carboxylic acid groups (broad SMARTS) is 1. The molecule has 114 valence electrons. The molecular weight excluding hydrogens is 274 g/mol. The van der Waals surface area contributed by atoms with Crippen molar-refractivity contribution in [3.8, 4) is 0 Å². The van der Waals surface area contributed by atoms with Crippen LogP contribution in [0.15, 0.2) is 4.79 Å². The van der Waals surface area contributed by atoms with Gasteiger partial charge in [-0.1, -0.05) is 0 Å². The van der Waals surface area contributed by atoms with Gasteiger partial charge < -0.3 is 10.0 Å². The number of likely N-dealkylation sites (tertiary alicyclic amines) is 1. The highest BCUT2D eigenvalue weighted by molar-refractivity contribution is 5.76. The quantitative estimate of drug-likeness (QED) is 0.850. The van der Waals surface area contributed by atoms with E-state index >= 15 is 0 Å². The standard InChI is InChI=1S/C14H19N3O4/c1-9-11(7-13(19)20)10(2)17(14(21)15-9)8-12(18)16-5-3-4-6-16/h3-8H2,1-2H3,(H,19,20). The van der Waals surface area contributed by atoms with E-state index < -0.39 is 11.7 Å². The van der Waals surface area contributed by atoms with Crippen LogP contribution >= 0.6 is 0 Å². The third-order valence-corrected chi connectivity index (χ3v) is 3.85. The molecule has 0 radical (unpaired) electrons. The smallest absolute Gasteiger partial charge is 0.348 e. The molecule has 1 aliphatic rings. The predicted octanol–water partition coefficient (Wildman–Crippen LogP) is 0.110. The summed E-state index contributed by atoms with van der Waals surface area (Å²) in [5.74, 6) is -1.11. The Morgan fingerprint density at radius 1 is 1.24 bits per heavy atom. The van der Waals surface area contributed by atoms with E-state index in [9.17, 15) is 14.4 Å². The van der Waals surface area contributed by atoms with Crippen LogP contribution in [0.1, 0.15) is 29.8 Å². The van der Waals surface area contributed by atoms with Gasteiger partial charge in [0.1, 0.15) is 6.54 Å². The Morgan fingerprint density at radius 3 is 2.43 bits per heavy atom. The zero-order valence-electron chi connectivity index (χ0n) is 12.3. The second kappa shape index (κ2) is 6.07. The molecule has 0 unspecified atom stereocenters. The van der Waals surface area contributed by atoms with Gasteiger partial charge in [0.2, 0.25) is 5.91 Å². The number of carbonyl (C=O) groups is 2. The second-order valence-corrected chi connectivity index (χ2v) is 5.29. The van der Waals surface area contributed by atoms with E-state index in [1.165, 1.54) is 4.57 Å². The summed E-state index contributed by atoms with van der Waals surface area (Å²) in [5, 5.41) is 8.94. The van der Waals surface area contributed by atoms with Crippen molar-refractivity contribution >= 4 is 11.9 Å². The number of nitrogens with zero attached hydrogens (tertiary/aromatic N) is 3. The van der Waals surface area contributed by atoms with Crippen molar-refractivity contribution in [1.29, 1.82) is 0 Å². The molecule has 1 aromatic heterocycles. The molecule has 7 heteroatoms. The monoisotopic (exact) mass is 293 g/mol. The Bertz CT molecular complexity index is 630. The summed E-state index contributed by atoms with van der Waals surface area (Å²) >= 11 is 0. The summed E-state index contributed by atoms with van der Waals surface area (Å²) in [4.78, 5) is 40.6. The first-order chi connectivity index (χ1) is 9.90. The fraction of sp³-hybridized carbons (Fsp3) is 0.571. The lowest BCUT2D eigenvalue weighted by atomic mass is 10.1. The number of hydrogen-bond acceptors (Lipinski definition) is 4. The highest BCUT2D eigenvalue weighted by Gasteiger charge is 2.21. The van der Waals surface area contributed by atoms with Crippen LogP contribution in [0.25, 0.3) is 0 Å². The van der Waals surface area contributed by atoms with Gasteiger partial charge in [-0.2, -0.15) is 4.98 Å². The molecule has 2 rings (SSSR count). The Labute approximate surface area is 122 Å². The van der Waals surface area contributed by atoms with Crippen LogP contribution in [0.5, 0.6) is 0 Å². The minimum absolute atomic E-state index is 0.0788. The SMILES string of the molecule is Cc1nc(=O)n(CC(=O)N2CCCC2)c(C)c1CC(=O)O. The molecule has 0 spiro atoms. The van der Waals surface area contributed by atoms with Gasteiger partial charge >= 0.3 is 11.7 Å². The molecule has 1 aromatic rings. The molecule has 0 saturated carbocycles. The molecule has 1 saturated heterocycles. The van der Waals surface area contributed by atoms with Crippen molar-refractivity contribution in [3.63, 3.8) is 0 Å². The second-order valence-electron chi connectivity index (χ2n) is 5.29. The van der Waals surface area contributed by atoms with Gasteiger partial charge in [0.25, 0.3) is 0 Å². The molecule has 0 atom stereocenters. The molecule has 1 N–H and O–H groups in total. The molecule has 1 fully saturated rings. The third kappa shape index (κ3) is 3.29. The topological polar surface area (TPSA) is 92.5 Å². The van der Waals surface area contributed by atoms with Gasteiger partial charge in [0.05, 0.1) is 6.42 Å². The van der Waals surface area contributed by atoms with Crippen molar-refractivity contribution in [2.45, 2.75) is 39.7 Å². The van der Waals surface area contributed by atoms with Gasteiger partial charge in [-0.25, -0.2) is 4.79 Å². The molecule has 1 amide bonds. The first-order valence-corrected chi connectivity index (χ1v) is 6.96. The summed E-state index contributed by atoms with van der Waals surface area (Å²) < 4.78 is 1.27. The van der Waals surface area contributed by atoms with Crippen molar-refractivity contribution < 1.29 is 14.7 Å². The van der Waals surface area contributed by atoms with E-state index in [0.717, 1.165) is 12.8 Å². The Kier molecular flexibility index (Phi) is 4.40. The van der Waals surface area contributed by atoms with Crippen LogP contribution in [-0.2, 0) is 22.6 Å². The van der Waals surface area contributed by atoms with Crippen LogP contribution in [0, 0.1) is 13.8 Å². The normalized spacial score (nSPS) is 14.5. The number of amides is 1.